The average Bonchev–Trinajstić information content (AvgIpc) is 2.24. The molecule has 1 aromatic carbocycles. The molecule has 0 radical (unpaired) electrons. The van der Waals surface area contributed by atoms with Crippen molar-refractivity contribution in [3.63, 3.8) is 0 Å². The highest BCUT2D eigenvalue weighted by molar-refractivity contribution is 6.32. The second-order valence-corrected chi connectivity index (χ2v) is 3.95. The molecule has 18 heavy (non-hydrogen) atoms. The Balaban J connectivity index is 3.19. The molecule has 1 aromatic rings. The van der Waals surface area contributed by atoms with Crippen LogP contribution in [0.3, 0.4) is 0 Å². The van der Waals surface area contributed by atoms with Crippen LogP contribution in [0, 0.1) is 0 Å². The minimum Gasteiger partial charge on any atom is -0.495 e. The third-order valence-electron chi connectivity index (χ3n) is 2.26. The van der Waals surface area contributed by atoms with Crippen molar-refractivity contribution in [3.8, 4) is 5.75 Å². The molecule has 0 aliphatic heterocycles. The van der Waals surface area contributed by atoms with Crippen LogP contribution in [0.15, 0.2) is 12.1 Å². The van der Waals surface area contributed by atoms with Gasteiger partial charge in [0.1, 0.15) is 5.75 Å². The summed E-state index contributed by atoms with van der Waals surface area (Å²) in [6.07, 6.45) is -4.91. The van der Waals surface area contributed by atoms with Gasteiger partial charge in [-0.05, 0) is 24.1 Å². The quantitative estimate of drug-likeness (QED) is 0.921. The summed E-state index contributed by atoms with van der Waals surface area (Å²) >= 11 is 5.68. The van der Waals surface area contributed by atoms with E-state index in [-0.39, 0.29) is 29.2 Å². The van der Waals surface area contributed by atoms with Crippen LogP contribution in [0.2, 0.25) is 5.02 Å². The number of hydrogen-bond donors (Lipinski definition) is 1. The zero-order valence-electron chi connectivity index (χ0n) is 9.34. The number of halogens is 4. The summed E-state index contributed by atoms with van der Waals surface area (Å²) in [6.45, 7) is 0. The first-order valence-electron chi connectivity index (χ1n) is 4.91. The number of rotatable bonds is 4. The molecule has 7 heteroatoms. The van der Waals surface area contributed by atoms with E-state index in [4.69, 9.17) is 21.4 Å². The minimum absolute atomic E-state index is 0.0749. The Kier molecular flexibility index (Phi) is 4.45. The number of methoxy groups -OCH3 is 1. The maximum absolute atomic E-state index is 12.6. The van der Waals surface area contributed by atoms with Crippen molar-refractivity contribution in [3.05, 3.63) is 28.3 Å². The number of ether oxygens (including phenoxy) is 1. The fraction of sp³-hybridized carbons (Fsp3) is 0.364. The van der Waals surface area contributed by atoms with E-state index < -0.39 is 17.7 Å². The monoisotopic (exact) mass is 282 g/mol. The van der Waals surface area contributed by atoms with E-state index in [2.05, 4.69) is 0 Å². The molecule has 0 unspecified atom stereocenters. The molecular formula is C11H10ClF3O3. The van der Waals surface area contributed by atoms with Gasteiger partial charge in [-0.2, -0.15) is 13.2 Å². The highest BCUT2D eigenvalue weighted by Gasteiger charge is 2.32. The standard InChI is InChI=1S/C11H10ClF3O3/c1-18-10-6(2-3-9(16)17)4-7(5-8(10)12)11(13,14)15/h4-5H,2-3H2,1H3,(H,16,17). The summed E-state index contributed by atoms with van der Waals surface area (Å²) in [5, 5.41) is 8.35. The molecule has 0 fully saturated rings. The van der Waals surface area contributed by atoms with Crippen LogP contribution >= 0.6 is 11.6 Å². The van der Waals surface area contributed by atoms with Crippen molar-refractivity contribution in [1.82, 2.24) is 0 Å². The predicted molar refractivity (Wildman–Crippen MR) is 59.0 cm³/mol. The maximum atomic E-state index is 12.6. The van der Waals surface area contributed by atoms with Gasteiger partial charge in [0, 0.05) is 6.42 Å². The SMILES string of the molecule is COc1c(Cl)cc(C(F)(F)F)cc1CCC(=O)O. The molecule has 0 heterocycles. The lowest BCUT2D eigenvalue weighted by Crippen LogP contribution is -2.08. The molecule has 100 valence electrons. The third-order valence-corrected chi connectivity index (χ3v) is 2.54. The number of carbonyl (C=O) groups is 1. The largest absolute Gasteiger partial charge is 0.495 e. The molecule has 0 aliphatic carbocycles. The second-order valence-electron chi connectivity index (χ2n) is 3.54. The summed E-state index contributed by atoms with van der Waals surface area (Å²) in [5.74, 6) is -1.03. The van der Waals surface area contributed by atoms with Crippen molar-refractivity contribution in [1.29, 1.82) is 0 Å². The van der Waals surface area contributed by atoms with Crippen molar-refractivity contribution in [2.45, 2.75) is 19.0 Å². The van der Waals surface area contributed by atoms with Gasteiger partial charge in [0.05, 0.1) is 17.7 Å². The van der Waals surface area contributed by atoms with Gasteiger partial charge in [0.15, 0.2) is 0 Å². The van der Waals surface area contributed by atoms with Gasteiger partial charge in [-0.15, -0.1) is 0 Å². The Bertz CT molecular complexity index is 458. The number of aryl methyl sites for hydroxylation is 1. The average molecular weight is 283 g/mol. The minimum atomic E-state index is -4.53. The first-order chi connectivity index (χ1) is 8.25. The van der Waals surface area contributed by atoms with E-state index in [1.807, 2.05) is 0 Å². The summed E-state index contributed by atoms with van der Waals surface area (Å²) in [6, 6.07) is 1.61. The van der Waals surface area contributed by atoms with Gasteiger partial charge in [0.2, 0.25) is 0 Å². The van der Waals surface area contributed by atoms with E-state index in [0.29, 0.717) is 0 Å². The topological polar surface area (TPSA) is 46.5 Å². The van der Waals surface area contributed by atoms with E-state index >= 15 is 0 Å². The van der Waals surface area contributed by atoms with Gasteiger partial charge in [0.25, 0.3) is 0 Å². The third kappa shape index (κ3) is 3.53. The van der Waals surface area contributed by atoms with E-state index in [9.17, 15) is 18.0 Å². The smallest absolute Gasteiger partial charge is 0.416 e. The van der Waals surface area contributed by atoms with Crippen molar-refractivity contribution >= 4 is 17.6 Å². The highest BCUT2D eigenvalue weighted by Crippen LogP contribution is 2.37. The van der Waals surface area contributed by atoms with Gasteiger partial charge >= 0.3 is 12.1 Å². The van der Waals surface area contributed by atoms with E-state index in [1.165, 1.54) is 7.11 Å². The molecule has 0 amide bonds. The molecule has 0 saturated carbocycles. The van der Waals surface area contributed by atoms with Crippen LogP contribution in [0.5, 0.6) is 5.75 Å². The van der Waals surface area contributed by atoms with Gasteiger partial charge in [-0.3, -0.25) is 4.79 Å². The summed E-state index contributed by atoms with van der Waals surface area (Å²) in [5.41, 5.74) is -0.798. The molecule has 0 aliphatic rings. The first kappa shape index (κ1) is 14.6. The number of benzene rings is 1. The van der Waals surface area contributed by atoms with Gasteiger partial charge in [-0.25, -0.2) is 0 Å². The lowest BCUT2D eigenvalue weighted by Gasteiger charge is -2.14. The molecule has 1 N–H and O–H groups in total. The lowest BCUT2D eigenvalue weighted by atomic mass is 10.0. The Morgan fingerprint density at radius 1 is 1.44 bits per heavy atom. The Morgan fingerprint density at radius 3 is 2.50 bits per heavy atom. The van der Waals surface area contributed by atoms with Crippen LogP contribution in [0.25, 0.3) is 0 Å². The summed E-state index contributed by atoms with van der Waals surface area (Å²) in [4.78, 5) is 10.4. The summed E-state index contributed by atoms with van der Waals surface area (Å²) < 4.78 is 42.6. The van der Waals surface area contributed by atoms with Crippen LogP contribution < -0.4 is 4.74 Å². The molecular weight excluding hydrogens is 273 g/mol. The van der Waals surface area contributed by atoms with Gasteiger partial charge in [-0.1, -0.05) is 11.6 Å². The van der Waals surface area contributed by atoms with Crippen molar-refractivity contribution in [2.24, 2.45) is 0 Å². The predicted octanol–water partition coefficient (Wildman–Crippen LogP) is 3.38. The van der Waals surface area contributed by atoms with E-state index in [1.54, 1.807) is 0 Å². The van der Waals surface area contributed by atoms with Crippen LogP contribution in [0.1, 0.15) is 17.5 Å². The molecule has 0 spiro atoms. The molecule has 0 atom stereocenters. The zero-order valence-corrected chi connectivity index (χ0v) is 10.1. The molecule has 0 saturated heterocycles. The summed E-state index contributed by atoms with van der Waals surface area (Å²) in [7, 11) is 1.26. The first-order valence-corrected chi connectivity index (χ1v) is 5.29. The van der Waals surface area contributed by atoms with E-state index in [0.717, 1.165) is 12.1 Å². The fourth-order valence-corrected chi connectivity index (χ4v) is 1.79. The number of hydrogen-bond acceptors (Lipinski definition) is 2. The van der Waals surface area contributed by atoms with Crippen molar-refractivity contribution < 1.29 is 27.8 Å². The Morgan fingerprint density at radius 2 is 2.06 bits per heavy atom. The number of alkyl halides is 3. The Hall–Kier alpha value is -1.43. The van der Waals surface area contributed by atoms with Gasteiger partial charge < -0.3 is 9.84 Å². The van der Waals surface area contributed by atoms with Crippen LogP contribution in [-0.2, 0) is 17.4 Å². The molecule has 0 aromatic heterocycles. The number of aliphatic carboxylic acids is 1. The molecule has 0 bridgehead atoms. The number of carboxylic acids is 1. The maximum Gasteiger partial charge on any atom is 0.416 e. The van der Waals surface area contributed by atoms with Crippen molar-refractivity contribution in [2.75, 3.05) is 7.11 Å². The zero-order chi connectivity index (χ0) is 13.9. The van der Waals surface area contributed by atoms with Crippen LogP contribution in [-0.4, -0.2) is 18.2 Å². The molecule has 3 nitrogen and oxygen atoms in total. The lowest BCUT2D eigenvalue weighted by molar-refractivity contribution is -0.137. The number of carboxylic acid groups (broad SMARTS) is 1. The second kappa shape index (κ2) is 5.48. The van der Waals surface area contributed by atoms with Crippen LogP contribution in [0.4, 0.5) is 13.2 Å². The Labute approximate surface area is 106 Å². The fourth-order valence-electron chi connectivity index (χ4n) is 1.47. The molecule has 1 rings (SSSR count). The highest BCUT2D eigenvalue weighted by atomic mass is 35.5. The normalized spacial score (nSPS) is 11.4.